The average Bonchev–Trinajstić information content (AvgIpc) is 2.78. The van der Waals surface area contributed by atoms with Crippen LogP contribution in [-0.2, 0) is 13.1 Å². The Bertz CT molecular complexity index is 803. The summed E-state index contributed by atoms with van der Waals surface area (Å²) in [5.74, 6) is 0. The average molecular weight is 236 g/mol. The highest BCUT2D eigenvalue weighted by atomic mass is 15.2. The fourth-order valence-electron chi connectivity index (χ4n) is 3.16. The van der Waals surface area contributed by atoms with Crippen molar-refractivity contribution in [2.24, 2.45) is 0 Å². The number of benzene rings is 1. The van der Waals surface area contributed by atoms with E-state index in [-0.39, 0.29) is 0 Å². The van der Waals surface area contributed by atoms with Gasteiger partial charge >= 0.3 is 6.67 Å². The van der Waals surface area contributed by atoms with Gasteiger partial charge in [-0.25, -0.2) is 0 Å². The van der Waals surface area contributed by atoms with E-state index in [4.69, 9.17) is 0 Å². The molecule has 88 valence electrons. The van der Waals surface area contributed by atoms with Gasteiger partial charge in [0.15, 0.2) is 12.4 Å². The maximum absolute atomic E-state index is 2.36. The summed E-state index contributed by atoms with van der Waals surface area (Å²) in [6, 6.07) is 9.03. The van der Waals surface area contributed by atoms with E-state index in [1.807, 2.05) is 0 Å². The van der Waals surface area contributed by atoms with Crippen LogP contribution in [0.1, 0.15) is 18.1 Å². The number of aryl methyl sites for hydroxylation is 2. The van der Waals surface area contributed by atoms with Gasteiger partial charge in [0, 0.05) is 12.1 Å². The van der Waals surface area contributed by atoms with Crippen molar-refractivity contribution in [1.82, 2.24) is 0 Å². The Morgan fingerprint density at radius 2 is 1.61 bits per heavy atom. The third kappa shape index (κ3) is 1.08. The van der Waals surface area contributed by atoms with Gasteiger partial charge < -0.3 is 0 Å². The van der Waals surface area contributed by atoms with Gasteiger partial charge in [-0.2, -0.15) is 0 Å². The first-order valence-corrected chi connectivity index (χ1v) is 6.56. The van der Waals surface area contributed by atoms with Crippen LogP contribution in [0.2, 0.25) is 0 Å². The number of pyridine rings is 2. The van der Waals surface area contributed by atoms with Crippen LogP contribution >= 0.6 is 0 Å². The van der Waals surface area contributed by atoms with E-state index >= 15 is 0 Å². The van der Waals surface area contributed by atoms with Gasteiger partial charge in [0.1, 0.15) is 0 Å². The summed E-state index contributed by atoms with van der Waals surface area (Å²) in [4.78, 5) is 0. The van der Waals surface area contributed by atoms with Crippen molar-refractivity contribution in [2.45, 2.75) is 26.9 Å². The Labute approximate surface area is 106 Å². The second-order valence-corrected chi connectivity index (χ2v) is 5.13. The van der Waals surface area contributed by atoms with Crippen molar-refractivity contribution in [3.63, 3.8) is 0 Å². The monoisotopic (exact) mass is 236 g/mol. The SMILES string of the molecule is CCc1cc[n+]2c3c1ccc1c(C)cc[n+](c13)C2. The molecule has 0 spiro atoms. The molecule has 0 aliphatic carbocycles. The quantitative estimate of drug-likeness (QED) is 0.354. The lowest BCUT2D eigenvalue weighted by atomic mass is 10.0. The maximum atomic E-state index is 2.36. The molecule has 0 atom stereocenters. The summed E-state index contributed by atoms with van der Waals surface area (Å²) in [6.07, 6.45) is 5.52. The van der Waals surface area contributed by atoms with Gasteiger partial charge in [0.05, 0.1) is 10.8 Å². The smallest absolute Gasteiger partial charge is 0.133 e. The summed E-state index contributed by atoms with van der Waals surface area (Å²) < 4.78 is 4.71. The van der Waals surface area contributed by atoms with E-state index in [2.05, 4.69) is 59.6 Å². The third-order valence-corrected chi connectivity index (χ3v) is 4.14. The standard InChI is InChI=1S/C16H16N2/c1-3-12-7-9-18-10-17-8-6-11(2)13-4-5-14(12)16(18)15(13)17/h4-9H,3,10H2,1-2H3/q+2. The van der Waals surface area contributed by atoms with E-state index in [0.29, 0.717) is 0 Å². The number of nitrogens with zero attached hydrogens (tertiary/aromatic N) is 2. The minimum absolute atomic E-state index is 0.941. The van der Waals surface area contributed by atoms with Crippen LogP contribution in [-0.4, -0.2) is 0 Å². The molecule has 0 saturated carbocycles. The summed E-state index contributed by atoms with van der Waals surface area (Å²) in [7, 11) is 0. The third-order valence-electron chi connectivity index (χ3n) is 4.14. The molecule has 1 aliphatic rings. The van der Waals surface area contributed by atoms with Gasteiger partial charge in [-0.15, -0.1) is 9.13 Å². The molecule has 0 N–H and O–H groups in total. The topological polar surface area (TPSA) is 7.76 Å². The molecule has 0 saturated heterocycles. The van der Waals surface area contributed by atoms with E-state index in [1.165, 1.54) is 32.9 Å². The van der Waals surface area contributed by atoms with Crippen LogP contribution in [0.3, 0.4) is 0 Å². The molecule has 1 aromatic carbocycles. The lowest BCUT2D eigenvalue weighted by Gasteiger charge is -2.00. The molecule has 1 aliphatic heterocycles. The van der Waals surface area contributed by atoms with E-state index < -0.39 is 0 Å². The number of aromatic nitrogens is 2. The first-order chi connectivity index (χ1) is 8.79. The van der Waals surface area contributed by atoms with Crippen molar-refractivity contribution >= 4 is 21.8 Å². The lowest BCUT2D eigenvalue weighted by Crippen LogP contribution is -2.45. The Morgan fingerprint density at radius 1 is 0.944 bits per heavy atom. The highest BCUT2D eigenvalue weighted by Gasteiger charge is 2.31. The predicted molar refractivity (Wildman–Crippen MR) is 71.4 cm³/mol. The zero-order valence-corrected chi connectivity index (χ0v) is 10.8. The normalized spacial score (nSPS) is 13.0. The maximum Gasteiger partial charge on any atom is 0.345 e. The van der Waals surface area contributed by atoms with E-state index in [1.54, 1.807) is 0 Å². The fraction of sp³-hybridized carbons (Fsp3) is 0.250. The van der Waals surface area contributed by atoms with Crippen LogP contribution in [0.25, 0.3) is 21.8 Å². The van der Waals surface area contributed by atoms with Crippen LogP contribution in [0.15, 0.2) is 36.7 Å². The molecule has 0 amide bonds. The van der Waals surface area contributed by atoms with Gasteiger partial charge in [-0.3, -0.25) is 0 Å². The van der Waals surface area contributed by atoms with Crippen LogP contribution in [0.4, 0.5) is 0 Å². The van der Waals surface area contributed by atoms with Gasteiger partial charge in [0.25, 0.3) is 11.0 Å². The Balaban J connectivity index is 2.31. The van der Waals surface area contributed by atoms with Gasteiger partial charge in [-0.1, -0.05) is 6.92 Å². The van der Waals surface area contributed by atoms with Crippen LogP contribution < -0.4 is 9.13 Å². The summed E-state index contributed by atoms with van der Waals surface area (Å²) in [5.41, 5.74) is 5.59. The molecule has 0 radical (unpaired) electrons. The van der Waals surface area contributed by atoms with Crippen LogP contribution in [0.5, 0.6) is 0 Å². The molecule has 0 bridgehead atoms. The van der Waals surface area contributed by atoms with Crippen molar-refractivity contribution in [2.75, 3.05) is 0 Å². The first-order valence-electron chi connectivity index (χ1n) is 6.56. The van der Waals surface area contributed by atoms with Crippen molar-refractivity contribution in [3.05, 3.63) is 47.8 Å². The second-order valence-electron chi connectivity index (χ2n) is 5.13. The second kappa shape index (κ2) is 3.29. The predicted octanol–water partition coefficient (Wildman–Crippen LogP) is 2.26. The number of hydrogen-bond acceptors (Lipinski definition) is 0. The van der Waals surface area contributed by atoms with Crippen LogP contribution in [0, 0.1) is 6.92 Å². The zero-order chi connectivity index (χ0) is 12.3. The summed E-state index contributed by atoms with van der Waals surface area (Å²) in [6.45, 7) is 5.36. The molecule has 2 heteroatoms. The molecule has 4 rings (SSSR count). The Morgan fingerprint density at radius 3 is 2.39 bits per heavy atom. The minimum atomic E-state index is 0.941. The largest absolute Gasteiger partial charge is 0.345 e. The van der Waals surface area contributed by atoms with Crippen molar-refractivity contribution < 1.29 is 9.13 Å². The minimum Gasteiger partial charge on any atom is -0.133 e. The number of hydrogen-bond donors (Lipinski definition) is 0. The molecule has 0 unspecified atom stereocenters. The molecular weight excluding hydrogens is 220 g/mol. The molecule has 2 nitrogen and oxygen atoms in total. The highest BCUT2D eigenvalue weighted by Crippen LogP contribution is 2.26. The molecule has 3 heterocycles. The van der Waals surface area contributed by atoms with E-state index in [9.17, 15) is 0 Å². The Hall–Kier alpha value is -1.96. The molecule has 18 heavy (non-hydrogen) atoms. The van der Waals surface area contributed by atoms with Crippen molar-refractivity contribution in [1.29, 1.82) is 0 Å². The first kappa shape index (κ1) is 10.0. The fourth-order valence-corrected chi connectivity index (χ4v) is 3.16. The molecule has 3 aromatic rings. The zero-order valence-electron chi connectivity index (χ0n) is 10.8. The van der Waals surface area contributed by atoms with E-state index in [0.717, 1.165) is 13.1 Å². The number of rotatable bonds is 1. The van der Waals surface area contributed by atoms with Gasteiger partial charge in [0.2, 0.25) is 0 Å². The molecule has 2 aromatic heterocycles. The molecule has 0 fully saturated rings. The summed E-state index contributed by atoms with van der Waals surface area (Å²) >= 11 is 0. The lowest BCUT2D eigenvalue weighted by molar-refractivity contribution is -0.872. The molecular formula is C16H16N2+2. The highest BCUT2D eigenvalue weighted by molar-refractivity contribution is 6.01. The summed E-state index contributed by atoms with van der Waals surface area (Å²) in [5, 5.41) is 2.79. The van der Waals surface area contributed by atoms with Crippen molar-refractivity contribution in [3.8, 4) is 0 Å². The Kier molecular flexibility index (Phi) is 1.83. The van der Waals surface area contributed by atoms with Gasteiger partial charge in [-0.05, 0) is 36.6 Å².